The minimum absolute atomic E-state index is 0.178. The van der Waals surface area contributed by atoms with Crippen LogP contribution in [0.2, 0.25) is 0 Å². The first-order chi connectivity index (χ1) is 14.3. The van der Waals surface area contributed by atoms with E-state index >= 15 is 0 Å². The summed E-state index contributed by atoms with van der Waals surface area (Å²) in [5.74, 6) is 0. The zero-order valence-electron chi connectivity index (χ0n) is 15.6. The van der Waals surface area contributed by atoms with Crippen LogP contribution in [0, 0.1) is 0 Å². The molecular weight excluding hydrogens is 663 g/mol. The quantitative estimate of drug-likeness (QED) is 0.112. The molecule has 5 rings (SSSR count). The third-order valence-corrected chi connectivity index (χ3v) is 17.1. The Labute approximate surface area is 206 Å². The summed E-state index contributed by atoms with van der Waals surface area (Å²) < 4.78 is 6.39. The second kappa shape index (κ2) is 8.88. The maximum atomic E-state index is 3.73. The molecule has 0 fully saturated rings. The molecule has 4 aromatic carbocycles. The van der Waals surface area contributed by atoms with Gasteiger partial charge in [-0.05, 0) is 0 Å². The molecule has 0 aliphatic rings. The first kappa shape index (κ1) is 20.3. The number of hydrogen-bond acceptors (Lipinski definition) is 0. The van der Waals surface area contributed by atoms with Crippen molar-refractivity contribution in [2.45, 2.75) is 4.55 Å². The molecule has 1 nitrogen and oxygen atoms in total. The van der Waals surface area contributed by atoms with Gasteiger partial charge >= 0.3 is 209 Å². The van der Waals surface area contributed by atoms with Crippen molar-refractivity contribution in [2.75, 3.05) is 3.29 Å². The summed E-state index contributed by atoms with van der Waals surface area (Å²) in [5.41, 5.74) is 5.30. The first-order valence-electron chi connectivity index (χ1n) is 9.42. The van der Waals surface area contributed by atoms with Crippen molar-refractivity contribution in [3.05, 3.63) is 83.3 Å². The topological polar surface area (TPSA) is 4.93 Å². The van der Waals surface area contributed by atoms with E-state index in [1.54, 1.807) is 0 Å². The molecule has 143 valence electrons. The predicted molar refractivity (Wildman–Crippen MR) is 135 cm³/mol. The molecule has 1 aromatic heterocycles. The molecule has 5 heteroatoms. The Morgan fingerprint density at radius 3 is 2.52 bits per heavy atom. The molecule has 0 aliphatic carbocycles. The summed E-state index contributed by atoms with van der Waals surface area (Å²) in [6, 6.07) is 28.9. The zero-order valence-corrected chi connectivity index (χ0v) is 22.6. The van der Waals surface area contributed by atoms with E-state index in [1.807, 2.05) is 0 Å². The van der Waals surface area contributed by atoms with Crippen LogP contribution in [-0.4, -0.2) is 19.8 Å². The zero-order chi connectivity index (χ0) is 19.8. The van der Waals surface area contributed by atoms with Crippen molar-refractivity contribution in [2.24, 2.45) is 0 Å². The summed E-state index contributed by atoms with van der Waals surface area (Å²) in [5, 5.41) is 5.44. The molecular formula is C24H17AlBrI2N-. The molecule has 0 amide bonds. The minimum atomic E-state index is 0.178. The number of halogens is 3. The van der Waals surface area contributed by atoms with Crippen LogP contribution in [0.3, 0.4) is 0 Å². The molecule has 0 spiro atoms. The molecule has 0 N–H and O–H groups in total. The summed E-state index contributed by atoms with van der Waals surface area (Å²) >= 11 is 7.08. The Hall–Kier alpha value is -0.588. The molecule has 0 atom stereocenters. The fourth-order valence-electron chi connectivity index (χ4n) is 4.03. The summed E-state index contributed by atoms with van der Waals surface area (Å²) in [6.45, 7) is 0. The van der Waals surface area contributed by atoms with E-state index in [-0.39, 0.29) is 21.2 Å². The Kier molecular flexibility index (Phi) is 6.22. The number of rotatable bonds is 5. The van der Waals surface area contributed by atoms with Crippen molar-refractivity contribution in [3.8, 4) is 11.1 Å². The van der Waals surface area contributed by atoms with E-state index in [1.165, 1.54) is 51.5 Å². The number of alkyl halides is 2. The summed E-state index contributed by atoms with van der Waals surface area (Å²) in [6.07, 6.45) is 0. The van der Waals surface area contributed by atoms with Gasteiger partial charge in [0.15, 0.2) is 0 Å². The fourth-order valence-corrected chi connectivity index (χ4v) is 12.2. The van der Waals surface area contributed by atoms with Crippen LogP contribution in [0.25, 0.3) is 43.7 Å². The average molecular weight is 680 g/mol. The SMILES string of the molecule is Brc1ccccc1-c1ccc2c3ccc4ccccc4c3n(C[I-][CH2][Al][I])c2c1. The van der Waals surface area contributed by atoms with Crippen molar-refractivity contribution in [1.82, 2.24) is 4.57 Å². The van der Waals surface area contributed by atoms with Gasteiger partial charge in [0.1, 0.15) is 0 Å². The molecule has 1 radical (unpaired) electrons. The van der Waals surface area contributed by atoms with Gasteiger partial charge in [-0.1, -0.05) is 0 Å². The van der Waals surface area contributed by atoms with Gasteiger partial charge in [0, 0.05) is 0 Å². The van der Waals surface area contributed by atoms with Crippen LogP contribution in [0.1, 0.15) is 0 Å². The molecule has 0 saturated carbocycles. The summed E-state index contributed by atoms with van der Waals surface area (Å²) in [4.78, 5) is 0. The van der Waals surface area contributed by atoms with Gasteiger partial charge in [-0.3, -0.25) is 0 Å². The van der Waals surface area contributed by atoms with Crippen molar-refractivity contribution < 1.29 is 21.2 Å². The number of hydrogen-bond donors (Lipinski definition) is 0. The van der Waals surface area contributed by atoms with Gasteiger partial charge < -0.3 is 0 Å². The third-order valence-electron chi connectivity index (χ3n) is 5.31. The average Bonchev–Trinajstić information content (AvgIpc) is 3.08. The van der Waals surface area contributed by atoms with E-state index in [2.05, 4.69) is 120 Å². The fraction of sp³-hybridized carbons (Fsp3) is 0.0833. The van der Waals surface area contributed by atoms with E-state index in [0.717, 1.165) is 4.47 Å². The van der Waals surface area contributed by atoms with Crippen molar-refractivity contribution in [1.29, 1.82) is 0 Å². The molecule has 0 aliphatic heterocycles. The second-order valence-corrected chi connectivity index (χ2v) is 15.5. The van der Waals surface area contributed by atoms with Gasteiger partial charge in [-0.15, -0.1) is 0 Å². The Balaban J connectivity index is 1.82. The van der Waals surface area contributed by atoms with Crippen LogP contribution in [-0.2, 0) is 4.55 Å². The molecule has 29 heavy (non-hydrogen) atoms. The van der Waals surface area contributed by atoms with E-state index < -0.39 is 0 Å². The van der Waals surface area contributed by atoms with Crippen LogP contribution < -0.4 is 21.2 Å². The van der Waals surface area contributed by atoms with Crippen LogP contribution in [0.15, 0.2) is 83.3 Å². The first-order valence-corrected chi connectivity index (χ1v) is 18.3. The molecule has 1 heterocycles. The third kappa shape index (κ3) is 3.78. The number of fused-ring (bicyclic) bond motifs is 5. The van der Waals surface area contributed by atoms with Crippen molar-refractivity contribution in [3.63, 3.8) is 0 Å². The van der Waals surface area contributed by atoms with Gasteiger partial charge in [0.25, 0.3) is 0 Å². The van der Waals surface area contributed by atoms with E-state index in [0.29, 0.717) is 11.9 Å². The number of benzene rings is 4. The Morgan fingerprint density at radius 2 is 1.66 bits per heavy atom. The molecule has 0 saturated heterocycles. The predicted octanol–water partition coefficient (Wildman–Crippen LogP) is 4.44. The monoisotopic (exact) mass is 679 g/mol. The van der Waals surface area contributed by atoms with E-state index in [4.69, 9.17) is 0 Å². The van der Waals surface area contributed by atoms with Gasteiger partial charge in [0.05, 0.1) is 0 Å². The Morgan fingerprint density at radius 1 is 0.862 bits per heavy atom. The Bertz CT molecular complexity index is 1350. The number of aromatic nitrogens is 1. The normalized spacial score (nSPS) is 11.7. The molecule has 5 aromatic rings. The molecule has 0 unspecified atom stereocenters. The van der Waals surface area contributed by atoms with Crippen molar-refractivity contribution >= 4 is 80.7 Å². The maximum absolute atomic E-state index is 3.73. The van der Waals surface area contributed by atoms with Crippen LogP contribution in [0.5, 0.6) is 0 Å². The second-order valence-electron chi connectivity index (χ2n) is 6.94. The molecule has 0 bridgehead atoms. The summed E-state index contributed by atoms with van der Waals surface area (Å²) in [7, 11) is 0. The van der Waals surface area contributed by atoms with Crippen LogP contribution in [0.4, 0.5) is 0 Å². The van der Waals surface area contributed by atoms with Gasteiger partial charge in [-0.2, -0.15) is 0 Å². The van der Waals surface area contributed by atoms with Gasteiger partial charge in [0.2, 0.25) is 0 Å². The number of nitrogens with zero attached hydrogens (tertiary/aromatic N) is 1. The van der Waals surface area contributed by atoms with Crippen LogP contribution >= 0.6 is 36.2 Å². The van der Waals surface area contributed by atoms with Gasteiger partial charge in [-0.25, -0.2) is 0 Å². The van der Waals surface area contributed by atoms with E-state index in [9.17, 15) is 0 Å². The standard InChI is InChI=1S/C24H17BrIN.Al.HI/c1-26-15-27-23-14-17(18-7-4-5-9-22(18)25)11-12-20(23)21-13-10-16-6-2-3-8-19(16)24(21)27;;/h2-14H,1,15H2;;1H/q-1;+1;/p-1.